The Morgan fingerprint density at radius 2 is 2.06 bits per heavy atom. The number of hydrogen-bond acceptors (Lipinski definition) is 3. The fourth-order valence-corrected chi connectivity index (χ4v) is 2.59. The first kappa shape index (κ1) is 12.5. The number of nitrogens with zero attached hydrogens (tertiary/aromatic N) is 2. The highest BCUT2D eigenvalue weighted by atomic mass is 16.4. The Morgan fingerprint density at radius 3 is 2.56 bits per heavy atom. The molecule has 0 spiro atoms. The predicted octanol–water partition coefficient (Wildman–Crippen LogP) is 1.14. The number of likely N-dealkylation sites (N-methyl/N-ethyl adjacent to an activating group) is 1. The van der Waals surface area contributed by atoms with Gasteiger partial charge in [0.2, 0.25) is 5.91 Å². The standard InChI is InChI=1S/C12H17N3O3/c1-6(2)8-11(16)13-7-5-14(3)10(12(17)18)9(7)15(8)4/h5-6,8H,1-4H3,(H,13,16)(H,17,18). The molecule has 2 N–H and O–H groups in total. The van der Waals surface area contributed by atoms with Gasteiger partial charge in [0.25, 0.3) is 0 Å². The first-order chi connectivity index (χ1) is 8.34. The molecule has 1 aromatic rings. The van der Waals surface area contributed by atoms with Crippen molar-refractivity contribution in [2.45, 2.75) is 19.9 Å². The molecule has 0 aliphatic carbocycles. The zero-order chi connectivity index (χ0) is 13.6. The van der Waals surface area contributed by atoms with E-state index in [1.54, 1.807) is 25.2 Å². The van der Waals surface area contributed by atoms with Crippen molar-refractivity contribution in [3.05, 3.63) is 11.9 Å². The molecule has 18 heavy (non-hydrogen) atoms. The molecule has 2 heterocycles. The first-order valence-electron chi connectivity index (χ1n) is 5.81. The number of hydrogen-bond donors (Lipinski definition) is 2. The van der Waals surface area contributed by atoms with E-state index in [0.29, 0.717) is 11.4 Å². The lowest BCUT2D eigenvalue weighted by Crippen LogP contribution is -2.49. The largest absolute Gasteiger partial charge is 0.477 e. The van der Waals surface area contributed by atoms with Crippen molar-refractivity contribution in [3.63, 3.8) is 0 Å². The van der Waals surface area contributed by atoms with Crippen LogP contribution in [0.4, 0.5) is 11.4 Å². The second-order valence-electron chi connectivity index (χ2n) is 4.95. The number of rotatable bonds is 2. The van der Waals surface area contributed by atoms with Gasteiger partial charge in [0.15, 0.2) is 5.69 Å². The van der Waals surface area contributed by atoms with Crippen LogP contribution in [0.2, 0.25) is 0 Å². The molecular formula is C12H17N3O3. The van der Waals surface area contributed by atoms with Gasteiger partial charge in [0.1, 0.15) is 6.04 Å². The molecule has 0 radical (unpaired) electrons. The highest BCUT2D eigenvalue weighted by molar-refractivity contribution is 6.08. The van der Waals surface area contributed by atoms with E-state index in [9.17, 15) is 14.7 Å². The summed E-state index contributed by atoms with van der Waals surface area (Å²) in [6.07, 6.45) is 1.63. The van der Waals surface area contributed by atoms with Crippen LogP contribution in [0.1, 0.15) is 24.3 Å². The zero-order valence-corrected chi connectivity index (χ0v) is 10.9. The minimum atomic E-state index is -0.996. The normalized spacial score (nSPS) is 18.8. The van der Waals surface area contributed by atoms with E-state index >= 15 is 0 Å². The van der Waals surface area contributed by atoms with Gasteiger partial charge in [-0.05, 0) is 5.92 Å². The summed E-state index contributed by atoms with van der Waals surface area (Å²) in [4.78, 5) is 25.0. The smallest absolute Gasteiger partial charge is 0.354 e. The molecule has 6 heteroatoms. The third kappa shape index (κ3) is 1.64. The molecule has 0 saturated heterocycles. The van der Waals surface area contributed by atoms with Gasteiger partial charge in [-0.1, -0.05) is 13.8 Å². The predicted molar refractivity (Wildman–Crippen MR) is 68.0 cm³/mol. The summed E-state index contributed by atoms with van der Waals surface area (Å²) in [6.45, 7) is 3.88. The zero-order valence-electron chi connectivity index (χ0n) is 10.9. The van der Waals surface area contributed by atoms with E-state index in [2.05, 4.69) is 5.32 Å². The third-order valence-corrected chi connectivity index (χ3v) is 3.29. The maximum absolute atomic E-state index is 12.0. The van der Waals surface area contributed by atoms with E-state index in [1.165, 1.54) is 4.57 Å². The van der Waals surface area contributed by atoms with Crippen LogP contribution in [0, 0.1) is 5.92 Å². The quantitative estimate of drug-likeness (QED) is 0.826. The van der Waals surface area contributed by atoms with Crippen molar-refractivity contribution < 1.29 is 14.7 Å². The molecule has 98 valence electrons. The van der Waals surface area contributed by atoms with Crippen LogP contribution in [0.25, 0.3) is 0 Å². The van der Waals surface area contributed by atoms with Gasteiger partial charge in [-0.3, -0.25) is 4.79 Å². The summed E-state index contributed by atoms with van der Waals surface area (Å²) in [5.74, 6) is -0.989. The molecular weight excluding hydrogens is 234 g/mol. The van der Waals surface area contributed by atoms with Gasteiger partial charge in [-0.25, -0.2) is 4.79 Å². The Balaban J connectivity index is 2.58. The summed E-state index contributed by atoms with van der Waals surface area (Å²) in [5.41, 5.74) is 1.32. The summed E-state index contributed by atoms with van der Waals surface area (Å²) < 4.78 is 1.52. The second kappa shape index (κ2) is 4.04. The number of carboxylic acid groups (broad SMARTS) is 1. The minimum absolute atomic E-state index is 0.0949. The van der Waals surface area contributed by atoms with Crippen LogP contribution in [0.5, 0.6) is 0 Å². The molecule has 0 bridgehead atoms. The molecule has 0 aromatic carbocycles. The number of amides is 1. The summed E-state index contributed by atoms with van der Waals surface area (Å²) >= 11 is 0. The van der Waals surface area contributed by atoms with Crippen LogP contribution >= 0.6 is 0 Å². The molecule has 1 atom stereocenters. The van der Waals surface area contributed by atoms with Gasteiger partial charge < -0.3 is 19.9 Å². The second-order valence-corrected chi connectivity index (χ2v) is 4.95. The average molecular weight is 251 g/mol. The van der Waals surface area contributed by atoms with Crippen molar-refractivity contribution in [2.24, 2.45) is 13.0 Å². The van der Waals surface area contributed by atoms with Crippen LogP contribution in [0.3, 0.4) is 0 Å². The molecule has 0 saturated carbocycles. The van der Waals surface area contributed by atoms with E-state index in [-0.39, 0.29) is 23.6 Å². The number of aryl methyl sites for hydroxylation is 1. The van der Waals surface area contributed by atoms with E-state index < -0.39 is 5.97 Å². The number of fused-ring (bicyclic) bond motifs is 1. The van der Waals surface area contributed by atoms with Crippen LogP contribution in [0.15, 0.2) is 6.20 Å². The molecule has 1 aliphatic heterocycles. The number of carbonyl (C=O) groups excluding carboxylic acids is 1. The van der Waals surface area contributed by atoms with Crippen molar-refractivity contribution in [1.29, 1.82) is 0 Å². The highest BCUT2D eigenvalue weighted by Gasteiger charge is 2.37. The fraction of sp³-hybridized carbons (Fsp3) is 0.500. The lowest BCUT2D eigenvalue weighted by molar-refractivity contribution is -0.118. The Labute approximate surface area is 105 Å². The molecule has 1 amide bonds. The van der Waals surface area contributed by atoms with Crippen molar-refractivity contribution in [3.8, 4) is 0 Å². The number of anilines is 2. The number of carboxylic acids is 1. The van der Waals surface area contributed by atoms with Crippen molar-refractivity contribution in [2.75, 3.05) is 17.3 Å². The Kier molecular flexibility index (Phi) is 2.80. The van der Waals surface area contributed by atoms with E-state index in [4.69, 9.17) is 0 Å². The van der Waals surface area contributed by atoms with Gasteiger partial charge >= 0.3 is 5.97 Å². The van der Waals surface area contributed by atoms with Crippen LogP contribution in [-0.4, -0.2) is 34.6 Å². The lowest BCUT2D eigenvalue weighted by Gasteiger charge is -2.36. The van der Waals surface area contributed by atoms with Crippen molar-refractivity contribution >= 4 is 23.3 Å². The Hall–Kier alpha value is -1.98. The van der Waals surface area contributed by atoms with Crippen LogP contribution < -0.4 is 10.2 Å². The van der Waals surface area contributed by atoms with Gasteiger partial charge in [-0.15, -0.1) is 0 Å². The number of carbonyl (C=O) groups is 2. The number of aromatic nitrogens is 1. The number of nitrogens with one attached hydrogen (secondary N) is 1. The Bertz CT molecular complexity index is 519. The maximum Gasteiger partial charge on any atom is 0.354 e. The summed E-state index contributed by atoms with van der Waals surface area (Å²) in [5, 5.41) is 12.0. The molecule has 0 fully saturated rings. The topological polar surface area (TPSA) is 74.6 Å². The fourth-order valence-electron chi connectivity index (χ4n) is 2.59. The maximum atomic E-state index is 12.0. The molecule has 1 aliphatic rings. The monoisotopic (exact) mass is 251 g/mol. The number of aromatic carboxylic acids is 1. The molecule has 2 rings (SSSR count). The van der Waals surface area contributed by atoms with Gasteiger partial charge in [0, 0.05) is 20.3 Å². The highest BCUT2D eigenvalue weighted by Crippen LogP contribution is 2.37. The van der Waals surface area contributed by atoms with Crippen LogP contribution in [-0.2, 0) is 11.8 Å². The molecule has 1 aromatic heterocycles. The molecule has 1 unspecified atom stereocenters. The first-order valence-corrected chi connectivity index (χ1v) is 5.81. The molecule has 6 nitrogen and oxygen atoms in total. The summed E-state index contributed by atoms with van der Waals surface area (Å²) in [7, 11) is 3.42. The van der Waals surface area contributed by atoms with Gasteiger partial charge in [0.05, 0.1) is 11.4 Å². The summed E-state index contributed by atoms with van der Waals surface area (Å²) in [6, 6.07) is -0.349. The third-order valence-electron chi connectivity index (χ3n) is 3.29. The van der Waals surface area contributed by atoms with E-state index in [0.717, 1.165) is 0 Å². The van der Waals surface area contributed by atoms with E-state index in [1.807, 2.05) is 13.8 Å². The van der Waals surface area contributed by atoms with Crippen molar-refractivity contribution in [1.82, 2.24) is 4.57 Å². The Morgan fingerprint density at radius 1 is 1.44 bits per heavy atom. The minimum Gasteiger partial charge on any atom is -0.477 e. The lowest BCUT2D eigenvalue weighted by atomic mass is 9.99. The average Bonchev–Trinajstić information content (AvgIpc) is 2.53. The SMILES string of the molecule is CC(C)C1C(=O)Nc2cn(C)c(C(=O)O)c2N1C. The van der Waals surface area contributed by atoms with Gasteiger partial charge in [-0.2, -0.15) is 0 Å².